The second kappa shape index (κ2) is 6.55. The summed E-state index contributed by atoms with van der Waals surface area (Å²) in [6.07, 6.45) is 3.83. The summed E-state index contributed by atoms with van der Waals surface area (Å²) in [6.45, 7) is 5.46. The van der Waals surface area contributed by atoms with E-state index in [0.29, 0.717) is 5.02 Å². The molecule has 24 heavy (non-hydrogen) atoms. The van der Waals surface area contributed by atoms with Crippen LogP contribution in [0.4, 0.5) is 0 Å². The highest BCUT2D eigenvalue weighted by atomic mass is 35.5. The van der Waals surface area contributed by atoms with Crippen LogP contribution >= 0.6 is 11.6 Å². The molecule has 7 heteroatoms. The highest BCUT2D eigenvalue weighted by molar-refractivity contribution is 6.36. The molecular weight excluding hydrogens is 326 g/mol. The van der Waals surface area contributed by atoms with E-state index >= 15 is 0 Å². The Labute approximate surface area is 145 Å². The van der Waals surface area contributed by atoms with Gasteiger partial charge in [-0.1, -0.05) is 17.7 Å². The summed E-state index contributed by atoms with van der Waals surface area (Å²) in [5.41, 5.74) is 1.85. The van der Waals surface area contributed by atoms with Crippen LogP contribution in [-0.4, -0.2) is 57.1 Å². The lowest BCUT2D eigenvalue weighted by molar-refractivity contribution is 0.0364. The lowest BCUT2D eigenvalue weighted by atomic mass is 10.2. The Kier molecular flexibility index (Phi) is 4.26. The van der Waals surface area contributed by atoms with Gasteiger partial charge < -0.3 is 9.30 Å². The molecule has 0 aliphatic carbocycles. The van der Waals surface area contributed by atoms with Crippen LogP contribution in [0, 0.1) is 0 Å². The van der Waals surface area contributed by atoms with Gasteiger partial charge in [-0.25, -0.2) is 4.98 Å². The Balaban J connectivity index is 1.65. The Hall–Kier alpha value is -1.89. The van der Waals surface area contributed by atoms with Gasteiger partial charge in [-0.2, -0.15) is 5.10 Å². The minimum absolute atomic E-state index is 0.707. The van der Waals surface area contributed by atoms with Gasteiger partial charge in [0.25, 0.3) is 0 Å². The monoisotopic (exact) mass is 345 g/mol. The molecule has 0 radical (unpaired) electrons. The number of hydrogen-bond acceptors (Lipinski definition) is 4. The molecule has 3 aromatic rings. The van der Waals surface area contributed by atoms with Crippen LogP contribution in [0.5, 0.6) is 0 Å². The number of ether oxygens (including phenoxy) is 1. The molecule has 0 spiro atoms. The minimum Gasteiger partial charge on any atom is -0.379 e. The van der Waals surface area contributed by atoms with Crippen molar-refractivity contribution in [1.29, 1.82) is 0 Å². The number of halogens is 1. The molecule has 2 aromatic heterocycles. The van der Waals surface area contributed by atoms with Crippen LogP contribution in [0.15, 0.2) is 30.6 Å². The zero-order valence-corrected chi connectivity index (χ0v) is 14.4. The van der Waals surface area contributed by atoms with Crippen molar-refractivity contribution in [3.8, 4) is 11.5 Å². The van der Waals surface area contributed by atoms with E-state index < -0.39 is 0 Å². The van der Waals surface area contributed by atoms with Crippen molar-refractivity contribution in [2.75, 3.05) is 32.8 Å². The fourth-order valence-electron chi connectivity index (χ4n) is 3.21. The maximum atomic E-state index is 6.43. The number of hydrogen-bond donors (Lipinski definition) is 0. The molecule has 4 rings (SSSR count). The van der Waals surface area contributed by atoms with Crippen molar-refractivity contribution >= 4 is 22.5 Å². The molecule has 0 N–H and O–H groups in total. The zero-order chi connectivity index (χ0) is 16.5. The van der Waals surface area contributed by atoms with Crippen molar-refractivity contribution in [2.24, 2.45) is 7.05 Å². The Morgan fingerprint density at radius 2 is 2.04 bits per heavy atom. The van der Waals surface area contributed by atoms with E-state index in [2.05, 4.69) is 19.5 Å². The van der Waals surface area contributed by atoms with E-state index in [9.17, 15) is 0 Å². The normalized spacial score (nSPS) is 16.1. The first-order valence-electron chi connectivity index (χ1n) is 8.17. The van der Waals surface area contributed by atoms with Gasteiger partial charge in [0.2, 0.25) is 0 Å². The Morgan fingerprint density at radius 1 is 1.21 bits per heavy atom. The molecule has 1 aromatic carbocycles. The molecule has 6 nitrogen and oxygen atoms in total. The van der Waals surface area contributed by atoms with E-state index in [1.54, 1.807) is 0 Å². The van der Waals surface area contributed by atoms with Crippen molar-refractivity contribution in [2.45, 2.75) is 6.54 Å². The minimum atomic E-state index is 0.707. The van der Waals surface area contributed by atoms with Gasteiger partial charge in [-0.15, -0.1) is 0 Å². The second-order valence-electron chi connectivity index (χ2n) is 6.00. The molecule has 1 fully saturated rings. The fraction of sp³-hybridized carbons (Fsp3) is 0.412. The molecule has 0 unspecified atom stereocenters. The van der Waals surface area contributed by atoms with E-state index in [4.69, 9.17) is 16.3 Å². The SMILES string of the molecule is Cn1nc(-c2nccn2CCN2CCOCC2)c2c(Cl)cccc21. The predicted octanol–water partition coefficient (Wildman–Crippen LogP) is 2.42. The van der Waals surface area contributed by atoms with Gasteiger partial charge in [0.15, 0.2) is 5.82 Å². The maximum Gasteiger partial charge on any atom is 0.161 e. The zero-order valence-electron chi connectivity index (χ0n) is 13.7. The standard InChI is InChI=1S/C17H20ClN5O/c1-21-14-4-2-3-13(18)15(14)16(20-21)17-19-5-6-23(17)8-7-22-9-11-24-12-10-22/h2-6H,7-12H2,1H3. The average molecular weight is 346 g/mol. The lowest BCUT2D eigenvalue weighted by Crippen LogP contribution is -2.38. The van der Waals surface area contributed by atoms with Crippen LogP contribution in [0.25, 0.3) is 22.4 Å². The number of benzene rings is 1. The van der Waals surface area contributed by atoms with Gasteiger partial charge >= 0.3 is 0 Å². The molecule has 0 bridgehead atoms. The third-order valence-electron chi connectivity index (χ3n) is 4.52. The van der Waals surface area contributed by atoms with Crippen LogP contribution in [0.2, 0.25) is 5.02 Å². The average Bonchev–Trinajstić information content (AvgIpc) is 3.19. The number of morpholine rings is 1. The first kappa shape index (κ1) is 15.6. The smallest absolute Gasteiger partial charge is 0.161 e. The largest absolute Gasteiger partial charge is 0.379 e. The van der Waals surface area contributed by atoms with Crippen molar-refractivity contribution < 1.29 is 4.74 Å². The molecule has 1 aliphatic heterocycles. The molecule has 1 aliphatic rings. The number of aromatic nitrogens is 4. The summed E-state index contributed by atoms with van der Waals surface area (Å²) in [7, 11) is 1.93. The topological polar surface area (TPSA) is 48.1 Å². The van der Waals surface area contributed by atoms with Gasteiger partial charge in [-0.05, 0) is 12.1 Å². The number of rotatable bonds is 4. The number of fused-ring (bicyclic) bond motifs is 1. The van der Waals surface area contributed by atoms with Crippen LogP contribution in [0.1, 0.15) is 0 Å². The van der Waals surface area contributed by atoms with Gasteiger partial charge in [0.05, 0.1) is 23.8 Å². The molecule has 0 saturated carbocycles. The number of aryl methyl sites for hydroxylation is 1. The van der Waals surface area contributed by atoms with E-state index in [-0.39, 0.29) is 0 Å². The third kappa shape index (κ3) is 2.81. The van der Waals surface area contributed by atoms with E-state index in [0.717, 1.165) is 61.8 Å². The van der Waals surface area contributed by atoms with Crippen LogP contribution < -0.4 is 0 Å². The van der Waals surface area contributed by atoms with E-state index in [1.165, 1.54) is 0 Å². The maximum absolute atomic E-state index is 6.43. The third-order valence-corrected chi connectivity index (χ3v) is 4.83. The summed E-state index contributed by atoms with van der Waals surface area (Å²) in [5, 5.41) is 6.33. The summed E-state index contributed by atoms with van der Waals surface area (Å²) in [5.74, 6) is 0.863. The first-order chi connectivity index (χ1) is 11.7. The molecule has 3 heterocycles. The Bertz CT molecular complexity index is 850. The molecule has 126 valence electrons. The van der Waals surface area contributed by atoms with Crippen molar-refractivity contribution in [3.05, 3.63) is 35.6 Å². The molecule has 0 amide bonds. The molecule has 0 atom stereocenters. The van der Waals surface area contributed by atoms with E-state index in [1.807, 2.05) is 42.3 Å². The van der Waals surface area contributed by atoms with Gasteiger partial charge in [0.1, 0.15) is 5.69 Å². The van der Waals surface area contributed by atoms with Crippen molar-refractivity contribution in [3.63, 3.8) is 0 Å². The second-order valence-corrected chi connectivity index (χ2v) is 6.41. The molecule has 1 saturated heterocycles. The highest BCUT2D eigenvalue weighted by Gasteiger charge is 2.18. The highest BCUT2D eigenvalue weighted by Crippen LogP contribution is 2.32. The number of nitrogens with zero attached hydrogens (tertiary/aromatic N) is 5. The van der Waals surface area contributed by atoms with Crippen LogP contribution in [-0.2, 0) is 18.3 Å². The summed E-state index contributed by atoms with van der Waals surface area (Å²) in [6, 6.07) is 5.87. The van der Waals surface area contributed by atoms with Gasteiger partial charge in [0, 0.05) is 51.0 Å². The first-order valence-corrected chi connectivity index (χ1v) is 8.54. The van der Waals surface area contributed by atoms with Gasteiger partial charge in [-0.3, -0.25) is 9.58 Å². The summed E-state index contributed by atoms with van der Waals surface area (Å²) in [4.78, 5) is 6.95. The number of imidazole rings is 1. The summed E-state index contributed by atoms with van der Waals surface area (Å²) < 4.78 is 9.42. The summed E-state index contributed by atoms with van der Waals surface area (Å²) >= 11 is 6.43. The van der Waals surface area contributed by atoms with Crippen molar-refractivity contribution in [1.82, 2.24) is 24.2 Å². The predicted molar refractivity (Wildman–Crippen MR) is 94.2 cm³/mol. The fourth-order valence-corrected chi connectivity index (χ4v) is 3.47. The molecular formula is C17H20ClN5O. The Morgan fingerprint density at radius 3 is 2.88 bits per heavy atom. The van der Waals surface area contributed by atoms with Crippen LogP contribution in [0.3, 0.4) is 0 Å². The lowest BCUT2D eigenvalue weighted by Gasteiger charge is -2.26. The quantitative estimate of drug-likeness (QED) is 0.728.